The lowest BCUT2D eigenvalue weighted by atomic mass is 10.2. The fourth-order valence-corrected chi connectivity index (χ4v) is 2.20. The van der Waals surface area contributed by atoms with E-state index in [9.17, 15) is 0 Å². The molecule has 1 N–H and O–H groups in total. The van der Waals surface area contributed by atoms with Crippen molar-refractivity contribution in [3.63, 3.8) is 0 Å². The van der Waals surface area contributed by atoms with E-state index in [1.165, 1.54) is 5.56 Å². The maximum atomic E-state index is 5.86. The molecule has 0 fully saturated rings. The molecule has 0 aliphatic heterocycles. The maximum absolute atomic E-state index is 5.86. The van der Waals surface area contributed by atoms with E-state index in [-0.39, 0.29) is 0 Å². The SMILES string of the molecule is CNCc1oc(CN(C)CCc2ccccn2)cc1C. The molecule has 4 nitrogen and oxygen atoms in total. The Kier molecular flexibility index (Phi) is 5.32. The summed E-state index contributed by atoms with van der Waals surface area (Å²) in [5.74, 6) is 2.05. The average Bonchev–Trinajstić information content (AvgIpc) is 2.78. The van der Waals surface area contributed by atoms with E-state index in [0.717, 1.165) is 43.3 Å². The lowest BCUT2D eigenvalue weighted by Gasteiger charge is -2.14. The van der Waals surface area contributed by atoms with E-state index in [4.69, 9.17) is 4.42 Å². The van der Waals surface area contributed by atoms with Gasteiger partial charge in [-0.05, 0) is 44.8 Å². The van der Waals surface area contributed by atoms with Crippen LogP contribution in [0.5, 0.6) is 0 Å². The molecule has 0 saturated heterocycles. The van der Waals surface area contributed by atoms with E-state index in [0.29, 0.717) is 0 Å². The monoisotopic (exact) mass is 273 g/mol. The summed E-state index contributed by atoms with van der Waals surface area (Å²) in [4.78, 5) is 6.60. The molecule has 2 aromatic heterocycles. The van der Waals surface area contributed by atoms with Gasteiger partial charge < -0.3 is 9.73 Å². The van der Waals surface area contributed by atoms with Crippen molar-refractivity contribution < 1.29 is 4.42 Å². The zero-order valence-corrected chi connectivity index (χ0v) is 12.5. The van der Waals surface area contributed by atoms with Crippen LogP contribution in [-0.4, -0.2) is 30.5 Å². The number of likely N-dealkylation sites (N-methyl/N-ethyl adjacent to an activating group) is 1. The normalized spacial score (nSPS) is 11.2. The number of aryl methyl sites for hydroxylation is 1. The predicted molar refractivity (Wildman–Crippen MR) is 80.5 cm³/mol. The number of nitrogens with zero attached hydrogens (tertiary/aromatic N) is 2. The molecule has 0 aliphatic rings. The van der Waals surface area contributed by atoms with Crippen molar-refractivity contribution in [2.24, 2.45) is 0 Å². The largest absolute Gasteiger partial charge is 0.463 e. The van der Waals surface area contributed by atoms with Gasteiger partial charge >= 0.3 is 0 Å². The summed E-state index contributed by atoms with van der Waals surface area (Å²) in [5, 5.41) is 3.12. The van der Waals surface area contributed by atoms with Gasteiger partial charge in [0.2, 0.25) is 0 Å². The minimum Gasteiger partial charge on any atom is -0.463 e. The highest BCUT2D eigenvalue weighted by Gasteiger charge is 2.09. The molecule has 2 aromatic rings. The maximum Gasteiger partial charge on any atom is 0.120 e. The quantitative estimate of drug-likeness (QED) is 0.841. The Balaban J connectivity index is 1.85. The second kappa shape index (κ2) is 7.22. The van der Waals surface area contributed by atoms with Gasteiger partial charge in [-0.3, -0.25) is 9.88 Å². The van der Waals surface area contributed by atoms with E-state index in [2.05, 4.69) is 41.3 Å². The van der Waals surface area contributed by atoms with Crippen LogP contribution in [0, 0.1) is 6.92 Å². The van der Waals surface area contributed by atoms with Crippen LogP contribution in [0.1, 0.15) is 22.8 Å². The van der Waals surface area contributed by atoms with E-state index < -0.39 is 0 Å². The summed E-state index contributed by atoms with van der Waals surface area (Å²) >= 11 is 0. The van der Waals surface area contributed by atoms with Crippen molar-refractivity contribution in [3.05, 3.63) is 53.2 Å². The predicted octanol–water partition coefficient (Wildman–Crippen LogP) is 2.38. The summed E-state index contributed by atoms with van der Waals surface area (Å²) in [6.07, 6.45) is 2.80. The van der Waals surface area contributed by atoms with Gasteiger partial charge in [0.1, 0.15) is 11.5 Å². The topological polar surface area (TPSA) is 41.3 Å². The van der Waals surface area contributed by atoms with Crippen LogP contribution < -0.4 is 5.32 Å². The first-order chi connectivity index (χ1) is 9.69. The molecule has 0 saturated carbocycles. The highest BCUT2D eigenvalue weighted by Crippen LogP contribution is 2.15. The summed E-state index contributed by atoms with van der Waals surface area (Å²) in [6, 6.07) is 8.17. The van der Waals surface area contributed by atoms with Gasteiger partial charge in [0.15, 0.2) is 0 Å². The van der Waals surface area contributed by atoms with Crippen molar-refractivity contribution in [2.45, 2.75) is 26.4 Å². The molecule has 4 heteroatoms. The van der Waals surface area contributed by atoms with Crippen molar-refractivity contribution in [3.8, 4) is 0 Å². The van der Waals surface area contributed by atoms with Crippen LogP contribution in [0.2, 0.25) is 0 Å². The molecule has 108 valence electrons. The smallest absolute Gasteiger partial charge is 0.120 e. The van der Waals surface area contributed by atoms with Gasteiger partial charge in [-0.1, -0.05) is 6.07 Å². The fourth-order valence-electron chi connectivity index (χ4n) is 2.20. The Bertz CT molecular complexity index is 522. The Hall–Kier alpha value is -1.65. The zero-order valence-electron chi connectivity index (χ0n) is 12.5. The van der Waals surface area contributed by atoms with Gasteiger partial charge in [0, 0.05) is 24.9 Å². The first kappa shape index (κ1) is 14.8. The Morgan fingerprint density at radius 2 is 2.20 bits per heavy atom. The molecule has 0 atom stereocenters. The van der Waals surface area contributed by atoms with Crippen molar-refractivity contribution in [2.75, 3.05) is 20.6 Å². The minimum absolute atomic E-state index is 0.781. The number of nitrogens with one attached hydrogen (secondary N) is 1. The number of furan rings is 1. The molecule has 0 aromatic carbocycles. The molecule has 2 heterocycles. The summed E-state index contributed by atoms with van der Waals surface area (Å²) in [6.45, 7) is 4.67. The summed E-state index contributed by atoms with van der Waals surface area (Å²) < 4.78 is 5.86. The lowest BCUT2D eigenvalue weighted by molar-refractivity contribution is 0.292. The van der Waals surface area contributed by atoms with Gasteiger partial charge in [0.25, 0.3) is 0 Å². The van der Waals surface area contributed by atoms with E-state index in [1.54, 1.807) is 0 Å². The lowest BCUT2D eigenvalue weighted by Crippen LogP contribution is -2.20. The van der Waals surface area contributed by atoms with Crippen LogP contribution in [-0.2, 0) is 19.5 Å². The summed E-state index contributed by atoms with van der Waals surface area (Å²) in [7, 11) is 4.04. The third kappa shape index (κ3) is 4.18. The number of pyridine rings is 1. The highest BCUT2D eigenvalue weighted by molar-refractivity contribution is 5.20. The third-order valence-corrected chi connectivity index (χ3v) is 3.31. The highest BCUT2D eigenvalue weighted by atomic mass is 16.3. The molecule has 0 bridgehead atoms. The average molecular weight is 273 g/mol. The van der Waals surface area contributed by atoms with Crippen LogP contribution in [0.3, 0.4) is 0 Å². The Morgan fingerprint density at radius 3 is 2.90 bits per heavy atom. The van der Waals surface area contributed by atoms with Crippen LogP contribution in [0.4, 0.5) is 0 Å². The number of aromatic nitrogens is 1. The second-order valence-electron chi connectivity index (χ2n) is 5.16. The van der Waals surface area contributed by atoms with Crippen LogP contribution in [0.25, 0.3) is 0 Å². The van der Waals surface area contributed by atoms with Gasteiger partial charge in [-0.25, -0.2) is 0 Å². The molecular weight excluding hydrogens is 250 g/mol. The van der Waals surface area contributed by atoms with Gasteiger partial charge in [-0.2, -0.15) is 0 Å². The summed E-state index contributed by atoms with van der Waals surface area (Å²) in [5.41, 5.74) is 2.35. The number of hydrogen-bond acceptors (Lipinski definition) is 4. The molecule has 20 heavy (non-hydrogen) atoms. The van der Waals surface area contributed by atoms with Crippen LogP contribution >= 0.6 is 0 Å². The Morgan fingerprint density at radius 1 is 1.35 bits per heavy atom. The molecule has 0 aliphatic carbocycles. The second-order valence-corrected chi connectivity index (χ2v) is 5.16. The van der Waals surface area contributed by atoms with Crippen molar-refractivity contribution >= 4 is 0 Å². The van der Waals surface area contributed by atoms with Crippen LogP contribution in [0.15, 0.2) is 34.9 Å². The standard InChI is InChI=1S/C16H23N3O/c1-13-10-15(20-16(13)11-17-2)12-19(3)9-7-14-6-4-5-8-18-14/h4-6,8,10,17H,7,9,11-12H2,1-3H3. The van der Waals surface area contributed by atoms with Gasteiger partial charge in [0.05, 0.1) is 13.1 Å². The molecule has 0 unspecified atom stereocenters. The first-order valence-electron chi connectivity index (χ1n) is 7.00. The fraction of sp³-hybridized carbons (Fsp3) is 0.438. The Labute approximate surface area is 120 Å². The number of hydrogen-bond donors (Lipinski definition) is 1. The molecule has 0 spiro atoms. The molecular formula is C16H23N3O. The molecule has 2 rings (SSSR count). The third-order valence-electron chi connectivity index (χ3n) is 3.31. The number of rotatable bonds is 7. The molecule has 0 amide bonds. The first-order valence-corrected chi connectivity index (χ1v) is 7.00. The van der Waals surface area contributed by atoms with Crippen molar-refractivity contribution in [1.82, 2.24) is 15.2 Å². The minimum atomic E-state index is 0.781. The molecule has 0 radical (unpaired) electrons. The van der Waals surface area contributed by atoms with Gasteiger partial charge in [-0.15, -0.1) is 0 Å². The van der Waals surface area contributed by atoms with E-state index in [1.807, 2.05) is 25.4 Å². The van der Waals surface area contributed by atoms with E-state index >= 15 is 0 Å². The zero-order chi connectivity index (χ0) is 14.4. The van der Waals surface area contributed by atoms with Crippen molar-refractivity contribution in [1.29, 1.82) is 0 Å².